The molecule has 0 aromatic heterocycles. The van der Waals surface area contributed by atoms with Gasteiger partial charge in [0.25, 0.3) is 11.6 Å². The third-order valence-electron chi connectivity index (χ3n) is 2.80. The molecule has 0 aliphatic carbocycles. The Labute approximate surface area is 129 Å². The molecule has 2 rings (SSSR count). The summed E-state index contributed by atoms with van der Waals surface area (Å²) in [6.07, 6.45) is 0. The largest absolute Gasteiger partial charge is 0.545 e. The van der Waals surface area contributed by atoms with E-state index in [0.29, 0.717) is 0 Å². The highest BCUT2D eigenvalue weighted by atomic mass is 35.5. The molecule has 0 bridgehead atoms. The summed E-state index contributed by atoms with van der Waals surface area (Å²) >= 11 is 5.66. The van der Waals surface area contributed by atoms with Crippen LogP contribution in [0.15, 0.2) is 42.5 Å². The van der Waals surface area contributed by atoms with Gasteiger partial charge in [-0.3, -0.25) is 14.9 Å². The molecule has 8 heteroatoms. The Bertz CT molecular complexity index is 776. The fourth-order valence-electron chi connectivity index (χ4n) is 1.76. The molecule has 0 aliphatic heterocycles. The highest BCUT2D eigenvalue weighted by molar-refractivity contribution is 6.32. The fraction of sp³-hybridized carbons (Fsp3) is 0. The second kappa shape index (κ2) is 6.23. The lowest BCUT2D eigenvalue weighted by molar-refractivity contribution is -0.384. The number of amides is 1. The molecule has 1 amide bonds. The number of carboxylic acids is 1. The monoisotopic (exact) mass is 319 g/mol. The predicted molar refractivity (Wildman–Crippen MR) is 76.8 cm³/mol. The average molecular weight is 320 g/mol. The van der Waals surface area contributed by atoms with Crippen molar-refractivity contribution in [3.8, 4) is 0 Å². The second-order valence-corrected chi connectivity index (χ2v) is 4.62. The van der Waals surface area contributed by atoms with Crippen LogP contribution in [0.1, 0.15) is 20.7 Å². The number of carbonyl (C=O) groups excluding carboxylic acids is 2. The van der Waals surface area contributed by atoms with Crippen molar-refractivity contribution in [2.45, 2.75) is 0 Å². The van der Waals surface area contributed by atoms with Gasteiger partial charge in [0.1, 0.15) is 5.02 Å². The third kappa shape index (κ3) is 3.21. The minimum atomic E-state index is -1.45. The van der Waals surface area contributed by atoms with Gasteiger partial charge in [0, 0.05) is 17.2 Å². The molecule has 0 fully saturated rings. The van der Waals surface area contributed by atoms with E-state index in [4.69, 9.17) is 11.6 Å². The van der Waals surface area contributed by atoms with Crippen LogP contribution in [-0.2, 0) is 0 Å². The zero-order valence-corrected chi connectivity index (χ0v) is 11.7. The van der Waals surface area contributed by atoms with E-state index in [9.17, 15) is 24.8 Å². The molecule has 0 saturated carbocycles. The number of carbonyl (C=O) groups is 2. The molecule has 22 heavy (non-hydrogen) atoms. The Morgan fingerprint density at radius 1 is 1.14 bits per heavy atom. The molecule has 2 aromatic carbocycles. The highest BCUT2D eigenvalue weighted by Crippen LogP contribution is 2.25. The quantitative estimate of drug-likeness (QED) is 0.682. The molecule has 7 nitrogen and oxygen atoms in total. The lowest BCUT2D eigenvalue weighted by Gasteiger charge is -2.11. The molecular formula is C14H8ClN2O5-. The number of para-hydroxylation sites is 1. The predicted octanol–water partition coefficient (Wildman–Crippen LogP) is 1.86. The van der Waals surface area contributed by atoms with Gasteiger partial charge in [0.05, 0.1) is 16.6 Å². The number of nitrogens with zero attached hydrogens (tertiary/aromatic N) is 1. The van der Waals surface area contributed by atoms with Crippen molar-refractivity contribution >= 4 is 34.9 Å². The molecule has 112 valence electrons. The first-order valence-electron chi connectivity index (χ1n) is 5.96. The first kappa shape index (κ1) is 15.5. The Hall–Kier alpha value is -2.93. The van der Waals surface area contributed by atoms with Gasteiger partial charge in [0.15, 0.2) is 0 Å². The van der Waals surface area contributed by atoms with Gasteiger partial charge < -0.3 is 15.2 Å². The lowest BCUT2D eigenvalue weighted by atomic mass is 10.1. The van der Waals surface area contributed by atoms with Gasteiger partial charge in [-0.25, -0.2) is 0 Å². The molecule has 0 unspecified atom stereocenters. The summed E-state index contributed by atoms with van der Waals surface area (Å²) in [4.78, 5) is 33.1. The van der Waals surface area contributed by atoms with E-state index in [-0.39, 0.29) is 21.8 Å². The average Bonchev–Trinajstić information content (AvgIpc) is 2.47. The maximum atomic E-state index is 12.1. The van der Waals surface area contributed by atoms with Crippen molar-refractivity contribution in [1.29, 1.82) is 0 Å². The molecule has 0 radical (unpaired) electrons. The van der Waals surface area contributed by atoms with E-state index in [1.54, 1.807) is 0 Å². The van der Waals surface area contributed by atoms with Crippen LogP contribution in [0.4, 0.5) is 11.4 Å². The van der Waals surface area contributed by atoms with E-state index < -0.39 is 22.5 Å². The number of carboxylic acid groups (broad SMARTS) is 1. The summed E-state index contributed by atoms with van der Waals surface area (Å²) in [6, 6.07) is 9.20. The summed E-state index contributed by atoms with van der Waals surface area (Å²) in [7, 11) is 0. The summed E-state index contributed by atoms with van der Waals surface area (Å²) in [5.41, 5.74) is -0.601. The van der Waals surface area contributed by atoms with Crippen LogP contribution in [0.3, 0.4) is 0 Å². The number of halogens is 1. The van der Waals surface area contributed by atoms with Crippen LogP contribution in [-0.4, -0.2) is 16.8 Å². The highest BCUT2D eigenvalue weighted by Gasteiger charge is 2.17. The molecule has 0 heterocycles. The molecule has 0 atom stereocenters. The number of rotatable bonds is 4. The topological polar surface area (TPSA) is 112 Å². The van der Waals surface area contributed by atoms with Crippen LogP contribution in [0.25, 0.3) is 0 Å². The van der Waals surface area contributed by atoms with Crippen LogP contribution < -0.4 is 10.4 Å². The maximum Gasteiger partial charge on any atom is 0.288 e. The Morgan fingerprint density at radius 2 is 1.82 bits per heavy atom. The summed E-state index contributed by atoms with van der Waals surface area (Å²) in [5.74, 6) is -2.15. The fourth-order valence-corrected chi connectivity index (χ4v) is 1.94. The minimum absolute atomic E-state index is 0.0238. The standard InChI is InChI=1S/C14H9ClN2O5/c15-10-6-5-8(7-12(10)17(21)22)13(18)16-11-4-2-1-3-9(11)14(19)20/h1-7H,(H,16,18)(H,19,20)/p-1. The van der Waals surface area contributed by atoms with E-state index in [0.717, 1.165) is 6.07 Å². The molecule has 1 N–H and O–H groups in total. The zero-order chi connectivity index (χ0) is 16.3. The van der Waals surface area contributed by atoms with E-state index in [1.807, 2.05) is 0 Å². The zero-order valence-electron chi connectivity index (χ0n) is 10.9. The molecule has 0 spiro atoms. The van der Waals surface area contributed by atoms with Crippen LogP contribution in [0.2, 0.25) is 5.02 Å². The van der Waals surface area contributed by atoms with Crippen molar-refractivity contribution in [2.75, 3.05) is 5.32 Å². The van der Waals surface area contributed by atoms with Crippen molar-refractivity contribution in [1.82, 2.24) is 0 Å². The first-order valence-corrected chi connectivity index (χ1v) is 6.33. The summed E-state index contributed by atoms with van der Waals surface area (Å²) < 4.78 is 0. The van der Waals surface area contributed by atoms with E-state index >= 15 is 0 Å². The van der Waals surface area contributed by atoms with Crippen LogP contribution in [0.5, 0.6) is 0 Å². The van der Waals surface area contributed by atoms with Gasteiger partial charge in [-0.2, -0.15) is 0 Å². The van der Waals surface area contributed by atoms with Crippen LogP contribution in [0, 0.1) is 10.1 Å². The Kier molecular flexibility index (Phi) is 4.38. The first-order chi connectivity index (χ1) is 10.4. The second-order valence-electron chi connectivity index (χ2n) is 4.21. The number of hydrogen-bond acceptors (Lipinski definition) is 5. The van der Waals surface area contributed by atoms with Crippen LogP contribution >= 0.6 is 11.6 Å². The molecule has 0 aliphatic rings. The Balaban J connectivity index is 2.33. The normalized spacial score (nSPS) is 10.0. The van der Waals surface area contributed by atoms with Crippen molar-refractivity contribution < 1.29 is 19.6 Å². The molecule has 2 aromatic rings. The van der Waals surface area contributed by atoms with Gasteiger partial charge in [0.2, 0.25) is 0 Å². The number of anilines is 1. The lowest BCUT2D eigenvalue weighted by Crippen LogP contribution is -2.24. The van der Waals surface area contributed by atoms with E-state index in [2.05, 4.69) is 5.32 Å². The van der Waals surface area contributed by atoms with E-state index in [1.165, 1.54) is 36.4 Å². The number of hydrogen-bond donors (Lipinski definition) is 1. The smallest absolute Gasteiger partial charge is 0.288 e. The summed E-state index contributed by atoms with van der Waals surface area (Å²) in [6.45, 7) is 0. The molecule has 0 saturated heterocycles. The third-order valence-corrected chi connectivity index (χ3v) is 3.12. The maximum absolute atomic E-state index is 12.1. The van der Waals surface area contributed by atoms with Gasteiger partial charge in [-0.05, 0) is 18.2 Å². The van der Waals surface area contributed by atoms with Gasteiger partial charge in [-0.15, -0.1) is 0 Å². The number of nitrogens with one attached hydrogen (secondary N) is 1. The number of aromatic carboxylic acids is 1. The van der Waals surface area contributed by atoms with Gasteiger partial charge >= 0.3 is 0 Å². The van der Waals surface area contributed by atoms with Gasteiger partial charge in [-0.1, -0.05) is 29.8 Å². The Morgan fingerprint density at radius 3 is 2.45 bits per heavy atom. The van der Waals surface area contributed by atoms with Crippen molar-refractivity contribution in [2.24, 2.45) is 0 Å². The van der Waals surface area contributed by atoms with Crippen molar-refractivity contribution in [3.05, 3.63) is 68.7 Å². The number of benzene rings is 2. The minimum Gasteiger partial charge on any atom is -0.545 e. The summed E-state index contributed by atoms with van der Waals surface area (Å²) in [5, 5.41) is 24.0. The molecular weight excluding hydrogens is 312 g/mol. The van der Waals surface area contributed by atoms with Crippen molar-refractivity contribution in [3.63, 3.8) is 0 Å². The SMILES string of the molecule is O=C(Nc1ccccc1C(=O)[O-])c1ccc(Cl)c([N+](=O)[O-])c1. The number of nitro benzene ring substituents is 1. The number of nitro groups is 1.